The van der Waals surface area contributed by atoms with E-state index in [1.54, 1.807) is 6.92 Å². The highest BCUT2D eigenvalue weighted by Gasteiger charge is 2.20. The minimum absolute atomic E-state index is 0.316. The topological polar surface area (TPSA) is 131 Å². The van der Waals surface area contributed by atoms with Gasteiger partial charge in [-0.25, -0.2) is 9.97 Å². The third-order valence-electron chi connectivity index (χ3n) is 3.03. The van der Waals surface area contributed by atoms with Crippen molar-refractivity contribution in [2.75, 3.05) is 19.7 Å². The first-order valence-corrected chi connectivity index (χ1v) is 7.89. The second-order valence-electron chi connectivity index (χ2n) is 4.70. The van der Waals surface area contributed by atoms with E-state index in [9.17, 15) is 14.4 Å². The molecule has 128 valence electrons. The molecule has 0 aliphatic heterocycles. The summed E-state index contributed by atoms with van der Waals surface area (Å²) < 4.78 is 5.45. The van der Waals surface area contributed by atoms with Crippen LogP contribution in [0, 0.1) is 6.92 Å². The lowest BCUT2D eigenvalue weighted by Gasteiger charge is -2.05. The molecule has 2 aromatic heterocycles. The Morgan fingerprint density at radius 3 is 2.67 bits per heavy atom. The van der Waals surface area contributed by atoms with E-state index in [4.69, 9.17) is 9.84 Å². The van der Waals surface area contributed by atoms with E-state index in [2.05, 4.69) is 20.6 Å². The minimum Gasteiger partial charge on any atom is -0.480 e. The smallest absolute Gasteiger partial charge is 0.322 e. The van der Waals surface area contributed by atoms with Gasteiger partial charge >= 0.3 is 5.97 Å². The van der Waals surface area contributed by atoms with Gasteiger partial charge in [-0.3, -0.25) is 14.4 Å². The standard InChI is InChI=1S/C14H16N4O5S/c1-3-23-13-10-7(2)11(24-14(10)18-6-17-13)12(22)16-4-8(19)15-5-9(20)21/h6H,3-5H2,1-2H3,(H,15,19)(H,16,22)(H,20,21). The van der Waals surface area contributed by atoms with E-state index in [-0.39, 0.29) is 6.54 Å². The van der Waals surface area contributed by atoms with Crippen molar-refractivity contribution in [3.8, 4) is 5.88 Å². The summed E-state index contributed by atoms with van der Waals surface area (Å²) in [5, 5.41) is 13.8. The lowest BCUT2D eigenvalue weighted by molar-refractivity contribution is -0.137. The second-order valence-corrected chi connectivity index (χ2v) is 5.70. The fraction of sp³-hybridized carbons (Fsp3) is 0.357. The summed E-state index contributed by atoms with van der Waals surface area (Å²) in [5.41, 5.74) is 0.669. The van der Waals surface area contributed by atoms with Gasteiger partial charge in [0, 0.05) is 0 Å². The quantitative estimate of drug-likeness (QED) is 0.654. The van der Waals surface area contributed by atoms with Crippen LogP contribution >= 0.6 is 11.3 Å². The molecule has 2 amide bonds. The van der Waals surface area contributed by atoms with Crippen molar-refractivity contribution in [1.29, 1.82) is 0 Å². The summed E-state index contributed by atoms with van der Waals surface area (Å²) in [4.78, 5) is 43.3. The zero-order valence-corrected chi connectivity index (χ0v) is 13.9. The van der Waals surface area contributed by atoms with E-state index in [0.29, 0.717) is 33.1 Å². The number of aryl methyl sites for hydroxylation is 1. The van der Waals surface area contributed by atoms with Crippen molar-refractivity contribution in [3.05, 3.63) is 16.8 Å². The predicted octanol–water partition coefficient (Wildman–Crippen LogP) is 0.329. The summed E-state index contributed by atoms with van der Waals surface area (Å²) in [6.07, 6.45) is 1.37. The number of aliphatic carboxylic acids is 1. The molecule has 3 N–H and O–H groups in total. The Labute approximate surface area is 141 Å². The largest absolute Gasteiger partial charge is 0.480 e. The summed E-state index contributed by atoms with van der Waals surface area (Å²) in [6, 6.07) is 0. The van der Waals surface area contributed by atoms with Gasteiger partial charge in [0.05, 0.1) is 23.4 Å². The van der Waals surface area contributed by atoms with Crippen LogP contribution in [0.25, 0.3) is 10.2 Å². The number of carboxylic acids is 1. The van der Waals surface area contributed by atoms with Gasteiger partial charge in [0.1, 0.15) is 17.7 Å². The molecule has 0 aliphatic carbocycles. The number of hydrogen-bond donors (Lipinski definition) is 3. The molecule has 0 radical (unpaired) electrons. The Morgan fingerprint density at radius 2 is 2.00 bits per heavy atom. The third kappa shape index (κ3) is 3.96. The average molecular weight is 352 g/mol. The van der Waals surface area contributed by atoms with Gasteiger partial charge in [-0.05, 0) is 19.4 Å². The number of carboxylic acid groups (broad SMARTS) is 1. The van der Waals surface area contributed by atoms with E-state index in [1.807, 2.05) is 6.92 Å². The number of nitrogens with zero attached hydrogens (tertiary/aromatic N) is 2. The van der Waals surface area contributed by atoms with E-state index >= 15 is 0 Å². The minimum atomic E-state index is -1.16. The van der Waals surface area contributed by atoms with Gasteiger partial charge in [0.2, 0.25) is 11.8 Å². The molecular formula is C14H16N4O5S. The molecule has 0 atom stereocenters. The molecule has 24 heavy (non-hydrogen) atoms. The molecule has 2 heterocycles. The molecule has 0 saturated heterocycles. The number of nitrogens with one attached hydrogen (secondary N) is 2. The molecule has 0 spiro atoms. The monoisotopic (exact) mass is 352 g/mol. The van der Waals surface area contributed by atoms with Crippen LogP contribution in [-0.4, -0.2) is 52.6 Å². The number of carbonyl (C=O) groups excluding carboxylic acids is 2. The number of amides is 2. The fourth-order valence-corrected chi connectivity index (χ4v) is 3.04. The average Bonchev–Trinajstić information content (AvgIpc) is 2.89. The normalized spacial score (nSPS) is 10.4. The van der Waals surface area contributed by atoms with Crippen molar-refractivity contribution in [2.24, 2.45) is 0 Å². The highest BCUT2D eigenvalue weighted by molar-refractivity contribution is 7.20. The molecule has 0 aliphatic rings. The van der Waals surface area contributed by atoms with E-state index < -0.39 is 24.3 Å². The Bertz CT molecular complexity index is 789. The molecule has 0 saturated carbocycles. The number of ether oxygens (including phenoxy) is 1. The van der Waals surface area contributed by atoms with Gasteiger partial charge in [-0.15, -0.1) is 11.3 Å². The van der Waals surface area contributed by atoms with Gasteiger partial charge in [0.25, 0.3) is 5.91 Å². The maximum absolute atomic E-state index is 12.3. The first-order valence-electron chi connectivity index (χ1n) is 7.07. The number of fused-ring (bicyclic) bond motifs is 1. The van der Waals surface area contributed by atoms with E-state index in [0.717, 1.165) is 0 Å². The number of thiophene rings is 1. The summed E-state index contributed by atoms with van der Waals surface area (Å²) in [6.45, 7) is 3.21. The SMILES string of the molecule is CCOc1ncnc2sc(C(=O)NCC(=O)NCC(=O)O)c(C)c12. The van der Waals surface area contributed by atoms with Crippen LogP contribution in [0.15, 0.2) is 6.33 Å². The number of carbonyl (C=O) groups is 3. The van der Waals surface area contributed by atoms with Crippen LogP contribution in [-0.2, 0) is 9.59 Å². The van der Waals surface area contributed by atoms with Crippen molar-refractivity contribution < 1.29 is 24.2 Å². The highest BCUT2D eigenvalue weighted by atomic mass is 32.1. The van der Waals surface area contributed by atoms with Crippen LogP contribution in [0.3, 0.4) is 0 Å². The number of rotatable bonds is 7. The van der Waals surface area contributed by atoms with Crippen LogP contribution in [0.1, 0.15) is 22.2 Å². The second kappa shape index (κ2) is 7.68. The Morgan fingerprint density at radius 1 is 1.25 bits per heavy atom. The summed E-state index contributed by atoms with van der Waals surface area (Å²) in [7, 11) is 0. The number of aromatic nitrogens is 2. The van der Waals surface area contributed by atoms with Crippen LogP contribution in [0.4, 0.5) is 0 Å². The van der Waals surface area contributed by atoms with Crippen molar-refractivity contribution >= 4 is 39.3 Å². The van der Waals surface area contributed by atoms with Gasteiger partial charge in [0.15, 0.2) is 0 Å². The van der Waals surface area contributed by atoms with Gasteiger partial charge in [-0.1, -0.05) is 0 Å². The molecule has 10 heteroatoms. The lowest BCUT2D eigenvalue weighted by Crippen LogP contribution is -2.38. The van der Waals surface area contributed by atoms with Gasteiger partial charge in [-0.2, -0.15) is 0 Å². The summed E-state index contributed by atoms with van der Waals surface area (Å²) >= 11 is 1.17. The zero-order valence-electron chi connectivity index (χ0n) is 13.1. The lowest BCUT2D eigenvalue weighted by atomic mass is 10.2. The predicted molar refractivity (Wildman–Crippen MR) is 86.3 cm³/mol. The maximum Gasteiger partial charge on any atom is 0.322 e. The highest BCUT2D eigenvalue weighted by Crippen LogP contribution is 2.34. The Kier molecular flexibility index (Phi) is 5.64. The maximum atomic E-state index is 12.3. The van der Waals surface area contributed by atoms with Crippen LogP contribution in [0.2, 0.25) is 0 Å². The molecule has 0 fully saturated rings. The first kappa shape index (κ1) is 17.6. The van der Waals surface area contributed by atoms with E-state index in [1.165, 1.54) is 17.7 Å². The molecule has 0 aromatic carbocycles. The molecule has 2 rings (SSSR count). The number of hydrogen-bond acceptors (Lipinski definition) is 7. The summed E-state index contributed by atoms with van der Waals surface area (Å²) in [5.74, 6) is -1.77. The Balaban J connectivity index is 2.12. The van der Waals surface area contributed by atoms with Crippen molar-refractivity contribution in [2.45, 2.75) is 13.8 Å². The molecular weight excluding hydrogens is 336 g/mol. The molecule has 0 bridgehead atoms. The molecule has 0 unspecified atom stereocenters. The van der Waals surface area contributed by atoms with Crippen LogP contribution < -0.4 is 15.4 Å². The van der Waals surface area contributed by atoms with Crippen molar-refractivity contribution in [3.63, 3.8) is 0 Å². The molecule has 9 nitrogen and oxygen atoms in total. The zero-order chi connectivity index (χ0) is 17.7. The molecule has 2 aromatic rings. The first-order chi connectivity index (χ1) is 11.4. The third-order valence-corrected chi connectivity index (χ3v) is 4.22. The Hall–Kier alpha value is -2.75. The van der Waals surface area contributed by atoms with Gasteiger partial charge < -0.3 is 20.5 Å². The van der Waals surface area contributed by atoms with Crippen LogP contribution in [0.5, 0.6) is 5.88 Å². The van der Waals surface area contributed by atoms with Crippen molar-refractivity contribution in [1.82, 2.24) is 20.6 Å². The fourth-order valence-electron chi connectivity index (χ4n) is 1.98.